The highest BCUT2D eigenvalue weighted by molar-refractivity contribution is 6.17. The van der Waals surface area contributed by atoms with Crippen molar-refractivity contribution in [3.05, 3.63) is 29.3 Å². The number of primary amides is 1. The highest BCUT2D eigenvalue weighted by atomic mass is 35.5. The van der Waals surface area contributed by atoms with Crippen molar-refractivity contribution in [3.8, 4) is 0 Å². The summed E-state index contributed by atoms with van der Waals surface area (Å²) in [6.07, 6.45) is 0.761. The molecule has 0 saturated carbocycles. The molecule has 0 saturated heterocycles. The van der Waals surface area contributed by atoms with Gasteiger partial charge in [0.15, 0.2) is 0 Å². The maximum atomic E-state index is 13.6. The Balaban J connectivity index is 2.61. The van der Waals surface area contributed by atoms with Crippen LogP contribution in [0.15, 0.2) is 12.1 Å². The second-order valence-corrected chi connectivity index (χ2v) is 5.32. The molecular formula is C14H17ClFN3O. The van der Waals surface area contributed by atoms with Gasteiger partial charge in [-0.2, -0.15) is 0 Å². The lowest BCUT2D eigenvalue weighted by Gasteiger charge is -2.16. The summed E-state index contributed by atoms with van der Waals surface area (Å²) in [6, 6.07) is 3.02. The van der Waals surface area contributed by atoms with Crippen molar-refractivity contribution in [1.29, 1.82) is 0 Å². The summed E-state index contributed by atoms with van der Waals surface area (Å²) in [4.78, 5) is 15.6. The minimum atomic E-state index is -0.380. The second kappa shape index (κ2) is 5.79. The van der Waals surface area contributed by atoms with Gasteiger partial charge in [0.2, 0.25) is 5.91 Å². The summed E-state index contributed by atoms with van der Waals surface area (Å²) in [6.45, 7) is 3.59. The van der Waals surface area contributed by atoms with Crippen molar-refractivity contribution in [2.24, 2.45) is 5.73 Å². The molecule has 2 aromatic rings. The number of fused-ring (bicyclic) bond motifs is 1. The largest absolute Gasteiger partial charge is 0.370 e. The van der Waals surface area contributed by atoms with Crippen LogP contribution in [0.25, 0.3) is 11.0 Å². The molecule has 0 bridgehead atoms. The van der Waals surface area contributed by atoms with E-state index in [0.29, 0.717) is 23.4 Å². The first kappa shape index (κ1) is 14.8. The van der Waals surface area contributed by atoms with Crippen LogP contribution in [0.3, 0.4) is 0 Å². The van der Waals surface area contributed by atoms with Gasteiger partial charge in [-0.25, -0.2) is 9.37 Å². The molecule has 20 heavy (non-hydrogen) atoms. The fourth-order valence-corrected chi connectivity index (χ4v) is 2.57. The highest BCUT2D eigenvalue weighted by Crippen LogP contribution is 2.26. The standard InChI is InChI=1S/C14H17ClFN3O/c1-8-5-12-11(7-10(8)16)18-14(3-4-15)19(12)9(2)6-13(17)20/h5,7,9H,3-4,6H2,1-2H3,(H2,17,20). The van der Waals surface area contributed by atoms with Crippen LogP contribution in [0.4, 0.5) is 4.39 Å². The summed E-state index contributed by atoms with van der Waals surface area (Å²) >= 11 is 5.79. The van der Waals surface area contributed by atoms with E-state index in [1.807, 2.05) is 11.5 Å². The zero-order valence-electron chi connectivity index (χ0n) is 11.5. The van der Waals surface area contributed by atoms with Gasteiger partial charge in [0.1, 0.15) is 11.6 Å². The van der Waals surface area contributed by atoms with E-state index in [1.54, 1.807) is 13.0 Å². The molecule has 1 unspecified atom stereocenters. The highest BCUT2D eigenvalue weighted by Gasteiger charge is 2.18. The Hall–Kier alpha value is -1.62. The van der Waals surface area contributed by atoms with Gasteiger partial charge in [-0.15, -0.1) is 11.6 Å². The monoisotopic (exact) mass is 297 g/mol. The van der Waals surface area contributed by atoms with E-state index < -0.39 is 0 Å². The smallest absolute Gasteiger partial charge is 0.219 e. The Labute approximate surface area is 121 Å². The number of carbonyl (C=O) groups excluding carboxylic acids is 1. The predicted molar refractivity (Wildman–Crippen MR) is 77.4 cm³/mol. The molecule has 1 amide bonds. The first-order chi connectivity index (χ1) is 9.43. The molecule has 2 rings (SSSR count). The topological polar surface area (TPSA) is 60.9 Å². The van der Waals surface area contributed by atoms with Crippen molar-refractivity contribution >= 4 is 28.5 Å². The van der Waals surface area contributed by atoms with Gasteiger partial charge in [0, 0.05) is 30.8 Å². The molecule has 0 aliphatic carbocycles. The van der Waals surface area contributed by atoms with Crippen LogP contribution >= 0.6 is 11.6 Å². The third-order valence-electron chi connectivity index (χ3n) is 3.30. The SMILES string of the molecule is Cc1cc2c(cc1F)nc(CCCl)n2C(C)CC(N)=O. The minimum absolute atomic E-state index is 0.138. The van der Waals surface area contributed by atoms with Crippen LogP contribution in [0.2, 0.25) is 0 Å². The number of rotatable bonds is 5. The van der Waals surface area contributed by atoms with E-state index in [1.165, 1.54) is 6.07 Å². The number of alkyl halides is 1. The van der Waals surface area contributed by atoms with Gasteiger partial charge in [-0.3, -0.25) is 4.79 Å². The van der Waals surface area contributed by atoms with Crippen LogP contribution < -0.4 is 5.73 Å². The quantitative estimate of drug-likeness (QED) is 0.863. The number of hydrogen-bond donors (Lipinski definition) is 1. The Kier molecular flexibility index (Phi) is 4.28. The number of benzene rings is 1. The summed E-state index contributed by atoms with van der Waals surface area (Å²) in [5, 5.41) is 0. The van der Waals surface area contributed by atoms with Gasteiger partial charge in [-0.1, -0.05) is 0 Å². The number of halogens is 2. The molecule has 4 nitrogen and oxygen atoms in total. The summed E-state index contributed by atoms with van der Waals surface area (Å²) in [7, 11) is 0. The van der Waals surface area contributed by atoms with E-state index in [9.17, 15) is 9.18 Å². The third-order valence-corrected chi connectivity index (χ3v) is 3.49. The normalized spacial score (nSPS) is 12.8. The molecule has 0 radical (unpaired) electrons. The van der Waals surface area contributed by atoms with Gasteiger partial charge < -0.3 is 10.3 Å². The van der Waals surface area contributed by atoms with E-state index in [0.717, 1.165) is 11.3 Å². The zero-order valence-corrected chi connectivity index (χ0v) is 12.2. The first-order valence-electron chi connectivity index (χ1n) is 6.45. The first-order valence-corrected chi connectivity index (χ1v) is 6.98. The molecule has 0 aliphatic heterocycles. The van der Waals surface area contributed by atoms with E-state index in [4.69, 9.17) is 17.3 Å². The number of hydrogen-bond acceptors (Lipinski definition) is 2. The summed E-state index contributed by atoms with van der Waals surface area (Å²) in [5.41, 5.74) is 7.18. The van der Waals surface area contributed by atoms with E-state index >= 15 is 0 Å². The lowest BCUT2D eigenvalue weighted by Crippen LogP contribution is -2.19. The summed E-state index contributed by atoms with van der Waals surface area (Å²) < 4.78 is 15.6. The average molecular weight is 298 g/mol. The summed E-state index contributed by atoms with van der Waals surface area (Å²) in [5.74, 6) is 0.486. The molecule has 1 atom stereocenters. The number of aromatic nitrogens is 2. The Bertz CT molecular complexity index is 653. The molecule has 6 heteroatoms. The number of amides is 1. The zero-order chi connectivity index (χ0) is 14.9. The van der Waals surface area contributed by atoms with Crippen LogP contribution in [-0.2, 0) is 11.2 Å². The molecule has 108 valence electrons. The maximum Gasteiger partial charge on any atom is 0.219 e. The maximum absolute atomic E-state index is 13.6. The fourth-order valence-electron chi connectivity index (χ4n) is 2.41. The van der Waals surface area contributed by atoms with E-state index in [-0.39, 0.29) is 24.2 Å². The number of nitrogens with zero attached hydrogens (tertiary/aromatic N) is 2. The van der Waals surface area contributed by atoms with Crippen molar-refractivity contribution in [3.63, 3.8) is 0 Å². The Morgan fingerprint density at radius 1 is 1.55 bits per heavy atom. The number of nitrogens with two attached hydrogens (primary N) is 1. The van der Waals surface area contributed by atoms with Crippen molar-refractivity contribution < 1.29 is 9.18 Å². The molecule has 1 aromatic heterocycles. The van der Waals surface area contributed by atoms with Gasteiger partial charge in [0.05, 0.1) is 11.0 Å². The van der Waals surface area contributed by atoms with Crippen molar-refractivity contribution in [2.45, 2.75) is 32.7 Å². The molecule has 0 aliphatic rings. The number of carbonyl (C=O) groups is 1. The second-order valence-electron chi connectivity index (χ2n) is 4.95. The molecule has 0 spiro atoms. The molecule has 1 aromatic carbocycles. The Morgan fingerprint density at radius 3 is 2.85 bits per heavy atom. The molecular weight excluding hydrogens is 281 g/mol. The lowest BCUT2D eigenvalue weighted by molar-refractivity contribution is -0.118. The number of imidazole rings is 1. The fraction of sp³-hybridized carbons (Fsp3) is 0.429. The van der Waals surface area contributed by atoms with Crippen LogP contribution in [-0.4, -0.2) is 21.3 Å². The van der Waals surface area contributed by atoms with Crippen molar-refractivity contribution in [2.75, 3.05) is 5.88 Å². The van der Waals surface area contributed by atoms with Crippen LogP contribution in [0, 0.1) is 12.7 Å². The molecule has 1 heterocycles. The lowest BCUT2D eigenvalue weighted by atomic mass is 10.1. The van der Waals surface area contributed by atoms with E-state index in [2.05, 4.69) is 4.98 Å². The predicted octanol–water partition coefficient (Wildman–Crippen LogP) is 2.70. The van der Waals surface area contributed by atoms with Gasteiger partial charge >= 0.3 is 0 Å². The van der Waals surface area contributed by atoms with Gasteiger partial charge in [-0.05, 0) is 25.5 Å². The number of aryl methyl sites for hydroxylation is 2. The minimum Gasteiger partial charge on any atom is -0.370 e. The van der Waals surface area contributed by atoms with Crippen LogP contribution in [0.1, 0.15) is 30.8 Å². The molecule has 0 fully saturated rings. The van der Waals surface area contributed by atoms with Crippen LogP contribution in [0.5, 0.6) is 0 Å². The van der Waals surface area contributed by atoms with Crippen molar-refractivity contribution in [1.82, 2.24) is 9.55 Å². The Morgan fingerprint density at radius 2 is 2.25 bits per heavy atom. The average Bonchev–Trinajstić information content (AvgIpc) is 2.67. The van der Waals surface area contributed by atoms with Gasteiger partial charge in [0.25, 0.3) is 0 Å². The molecule has 2 N–H and O–H groups in total. The third kappa shape index (κ3) is 2.77.